The lowest BCUT2D eigenvalue weighted by Crippen LogP contribution is -2.29. The van der Waals surface area contributed by atoms with Crippen molar-refractivity contribution in [2.24, 2.45) is 0 Å². The third-order valence-electron chi connectivity index (χ3n) is 5.94. The minimum Gasteiger partial charge on any atom is -0.309 e. The molecule has 0 N–H and O–H groups in total. The van der Waals surface area contributed by atoms with Gasteiger partial charge in [-0.05, 0) is 48.5 Å². The second kappa shape index (κ2) is 12.8. The summed E-state index contributed by atoms with van der Waals surface area (Å²) in [5, 5.41) is 6.40. The second-order valence-electron chi connectivity index (χ2n) is 9.02. The van der Waals surface area contributed by atoms with E-state index >= 15 is 4.57 Å². The Morgan fingerprint density at radius 2 is 0.892 bits per heavy atom. The van der Waals surface area contributed by atoms with Crippen LogP contribution >= 0.6 is 15.1 Å². The highest BCUT2D eigenvalue weighted by Gasteiger charge is 2.31. The SMILES string of the molecule is CCC.Cc1cc(P(c2ccccc2)c2ccccc2)cc(P(=O)(c2ccccc2)c2ccccc2)c1. The van der Waals surface area contributed by atoms with Crippen LogP contribution in [0.3, 0.4) is 0 Å². The van der Waals surface area contributed by atoms with Crippen molar-refractivity contribution in [3.05, 3.63) is 145 Å². The van der Waals surface area contributed by atoms with Crippen molar-refractivity contribution in [1.82, 2.24) is 0 Å². The molecule has 1 nitrogen and oxygen atoms in total. The van der Waals surface area contributed by atoms with Crippen molar-refractivity contribution in [3.63, 3.8) is 0 Å². The maximum atomic E-state index is 15.0. The molecule has 0 heterocycles. The van der Waals surface area contributed by atoms with E-state index in [0.717, 1.165) is 21.5 Å². The van der Waals surface area contributed by atoms with Crippen LogP contribution in [0.5, 0.6) is 0 Å². The van der Waals surface area contributed by atoms with Gasteiger partial charge in [-0.25, -0.2) is 0 Å². The fraction of sp³-hybridized carbons (Fsp3) is 0.118. The standard InChI is InChI=1S/C31H26OP2.C3H8/c1-25-22-28(33(26-14-6-2-7-15-26)27-16-8-3-9-17-27)24-31(23-25)34(32,29-18-10-4-11-19-29)30-20-12-5-13-21-30;1-3-2/h2-24H,1H3;3H2,1-2H3. The molecule has 0 unspecified atom stereocenters. The highest BCUT2D eigenvalue weighted by molar-refractivity contribution is 7.85. The molecule has 0 aliphatic carbocycles. The minimum atomic E-state index is -3.04. The number of aryl methyl sites for hydroxylation is 1. The first-order chi connectivity index (χ1) is 18.1. The summed E-state index contributed by atoms with van der Waals surface area (Å²) in [6, 6.07) is 47.7. The second-order valence-corrected chi connectivity index (χ2v) is 14.0. The van der Waals surface area contributed by atoms with Crippen LogP contribution in [0.25, 0.3) is 0 Å². The van der Waals surface area contributed by atoms with E-state index in [1.807, 2.05) is 60.7 Å². The van der Waals surface area contributed by atoms with Gasteiger partial charge in [-0.1, -0.05) is 148 Å². The van der Waals surface area contributed by atoms with Gasteiger partial charge in [0.1, 0.15) is 0 Å². The molecule has 186 valence electrons. The summed E-state index contributed by atoms with van der Waals surface area (Å²) in [6.45, 7) is 6.36. The molecule has 0 aliphatic rings. The highest BCUT2D eigenvalue weighted by Crippen LogP contribution is 2.43. The van der Waals surface area contributed by atoms with Crippen molar-refractivity contribution in [3.8, 4) is 0 Å². The first kappa shape index (κ1) is 26.8. The largest absolute Gasteiger partial charge is 0.309 e. The Hall–Kier alpha value is -3.24. The van der Waals surface area contributed by atoms with E-state index in [1.165, 1.54) is 22.3 Å². The van der Waals surface area contributed by atoms with Crippen molar-refractivity contribution in [1.29, 1.82) is 0 Å². The van der Waals surface area contributed by atoms with Crippen LogP contribution in [-0.4, -0.2) is 0 Å². The Labute approximate surface area is 223 Å². The number of benzene rings is 5. The molecule has 5 aromatic carbocycles. The molecule has 0 aromatic heterocycles. The smallest absolute Gasteiger partial charge is 0.171 e. The van der Waals surface area contributed by atoms with Gasteiger partial charge in [0.15, 0.2) is 7.14 Å². The average Bonchev–Trinajstić information content (AvgIpc) is 2.95. The molecule has 0 atom stereocenters. The zero-order valence-corrected chi connectivity index (χ0v) is 23.6. The summed E-state index contributed by atoms with van der Waals surface area (Å²) in [4.78, 5) is 0. The van der Waals surface area contributed by atoms with Crippen LogP contribution in [0.15, 0.2) is 140 Å². The molecule has 0 fully saturated rings. The molecule has 0 spiro atoms. The van der Waals surface area contributed by atoms with Gasteiger partial charge in [-0.3, -0.25) is 0 Å². The molecule has 5 aromatic rings. The van der Waals surface area contributed by atoms with E-state index in [4.69, 9.17) is 0 Å². The van der Waals surface area contributed by atoms with Crippen LogP contribution in [0.1, 0.15) is 25.8 Å². The van der Waals surface area contributed by atoms with Crippen molar-refractivity contribution < 1.29 is 4.57 Å². The summed E-state index contributed by atoms with van der Waals surface area (Å²) in [7, 11) is -3.83. The summed E-state index contributed by atoms with van der Waals surface area (Å²) >= 11 is 0. The quantitative estimate of drug-likeness (QED) is 0.225. The van der Waals surface area contributed by atoms with Crippen molar-refractivity contribution >= 4 is 46.9 Å². The van der Waals surface area contributed by atoms with Crippen LogP contribution in [0.2, 0.25) is 0 Å². The number of hydrogen-bond acceptors (Lipinski definition) is 1. The molecule has 0 bridgehead atoms. The zero-order chi connectivity index (χ0) is 26.1. The predicted molar refractivity (Wildman–Crippen MR) is 165 cm³/mol. The third kappa shape index (κ3) is 6.19. The molecule has 5 rings (SSSR count). The Bertz CT molecular complexity index is 1350. The van der Waals surface area contributed by atoms with E-state index in [1.54, 1.807) is 0 Å². The fourth-order valence-electron chi connectivity index (χ4n) is 4.38. The monoisotopic (exact) mass is 520 g/mol. The van der Waals surface area contributed by atoms with Crippen LogP contribution in [-0.2, 0) is 4.57 Å². The first-order valence-corrected chi connectivity index (χ1v) is 15.9. The van der Waals surface area contributed by atoms with Gasteiger partial charge in [0, 0.05) is 15.9 Å². The first-order valence-electron chi connectivity index (χ1n) is 12.8. The van der Waals surface area contributed by atoms with Gasteiger partial charge in [-0.15, -0.1) is 0 Å². The molecular formula is C34H34OP2. The van der Waals surface area contributed by atoms with Gasteiger partial charge in [0.2, 0.25) is 0 Å². The van der Waals surface area contributed by atoms with E-state index in [0.29, 0.717) is 0 Å². The fourth-order valence-corrected chi connectivity index (χ4v) is 9.70. The van der Waals surface area contributed by atoms with Gasteiger partial charge in [0.05, 0.1) is 0 Å². The molecule has 0 radical (unpaired) electrons. The van der Waals surface area contributed by atoms with Crippen LogP contribution < -0.4 is 31.8 Å². The number of rotatable bonds is 6. The van der Waals surface area contributed by atoms with Crippen molar-refractivity contribution in [2.75, 3.05) is 0 Å². The maximum absolute atomic E-state index is 15.0. The third-order valence-corrected chi connectivity index (χ3v) is 11.4. The Morgan fingerprint density at radius 1 is 0.514 bits per heavy atom. The topological polar surface area (TPSA) is 17.1 Å². The highest BCUT2D eigenvalue weighted by atomic mass is 31.2. The van der Waals surface area contributed by atoms with E-state index in [9.17, 15) is 0 Å². The van der Waals surface area contributed by atoms with Gasteiger partial charge < -0.3 is 4.57 Å². The summed E-state index contributed by atoms with van der Waals surface area (Å²) in [5.41, 5.74) is 1.12. The van der Waals surface area contributed by atoms with E-state index in [-0.39, 0.29) is 0 Å². The number of hydrogen-bond donors (Lipinski definition) is 0. The molecule has 3 heteroatoms. The Kier molecular flexibility index (Phi) is 9.29. The van der Waals surface area contributed by atoms with Gasteiger partial charge in [-0.2, -0.15) is 0 Å². The summed E-state index contributed by atoms with van der Waals surface area (Å²) < 4.78 is 15.0. The van der Waals surface area contributed by atoms with Gasteiger partial charge in [0.25, 0.3) is 0 Å². The summed E-state index contributed by atoms with van der Waals surface area (Å²) in [5.74, 6) is 0. The Morgan fingerprint density at radius 3 is 1.30 bits per heavy atom. The van der Waals surface area contributed by atoms with Crippen molar-refractivity contribution in [2.45, 2.75) is 27.2 Å². The Balaban J connectivity index is 0.00000102. The lowest BCUT2D eigenvalue weighted by molar-refractivity contribution is 0.592. The summed E-state index contributed by atoms with van der Waals surface area (Å²) in [6.07, 6.45) is 1.25. The molecule has 0 amide bonds. The lowest BCUT2D eigenvalue weighted by atomic mass is 10.2. The average molecular weight is 521 g/mol. The zero-order valence-electron chi connectivity index (χ0n) is 21.8. The normalized spacial score (nSPS) is 11.0. The van der Waals surface area contributed by atoms with E-state index in [2.05, 4.69) is 99.6 Å². The lowest BCUT2D eigenvalue weighted by Gasteiger charge is -2.24. The molecule has 0 aliphatic heterocycles. The minimum absolute atomic E-state index is 0.784. The van der Waals surface area contributed by atoms with E-state index < -0.39 is 15.1 Å². The van der Waals surface area contributed by atoms with Crippen LogP contribution in [0.4, 0.5) is 0 Å². The molecule has 0 saturated carbocycles. The van der Waals surface area contributed by atoms with Crippen LogP contribution in [0, 0.1) is 6.92 Å². The maximum Gasteiger partial charge on any atom is 0.171 e. The van der Waals surface area contributed by atoms with Gasteiger partial charge >= 0.3 is 0 Å². The molecule has 0 saturated heterocycles. The molecule has 37 heavy (non-hydrogen) atoms. The predicted octanol–water partition coefficient (Wildman–Crippen LogP) is 6.81. The molecular weight excluding hydrogens is 486 g/mol.